The SMILES string of the molecule is FC(F)(F)c1cccc(Oc2cccnc2)n1. The second-order valence-electron chi connectivity index (χ2n) is 3.15. The molecule has 6 heteroatoms. The fourth-order valence-corrected chi connectivity index (χ4v) is 1.16. The van der Waals surface area contributed by atoms with Gasteiger partial charge in [0.05, 0.1) is 6.20 Å². The maximum Gasteiger partial charge on any atom is 0.433 e. The molecule has 0 aliphatic carbocycles. The minimum absolute atomic E-state index is 0.118. The molecule has 2 heterocycles. The first-order valence-electron chi connectivity index (χ1n) is 4.68. The van der Waals surface area contributed by atoms with E-state index in [4.69, 9.17) is 4.74 Å². The number of alkyl halides is 3. The van der Waals surface area contributed by atoms with Crippen LogP contribution in [0.1, 0.15) is 5.69 Å². The van der Waals surface area contributed by atoms with Gasteiger partial charge >= 0.3 is 6.18 Å². The molecule has 0 N–H and O–H groups in total. The van der Waals surface area contributed by atoms with E-state index in [2.05, 4.69) is 9.97 Å². The Kier molecular flexibility index (Phi) is 2.95. The lowest BCUT2D eigenvalue weighted by molar-refractivity contribution is -0.141. The molecule has 3 nitrogen and oxygen atoms in total. The van der Waals surface area contributed by atoms with E-state index in [-0.39, 0.29) is 5.88 Å². The molecule has 0 radical (unpaired) electrons. The van der Waals surface area contributed by atoms with Crippen molar-refractivity contribution >= 4 is 0 Å². The van der Waals surface area contributed by atoms with Crippen molar-refractivity contribution in [2.45, 2.75) is 6.18 Å². The number of nitrogens with zero attached hydrogens (tertiary/aromatic N) is 2. The van der Waals surface area contributed by atoms with Crippen molar-refractivity contribution < 1.29 is 17.9 Å². The summed E-state index contributed by atoms with van der Waals surface area (Å²) in [4.78, 5) is 7.14. The molecule has 2 aromatic heterocycles. The predicted molar refractivity (Wildman–Crippen MR) is 53.6 cm³/mol. The first-order valence-corrected chi connectivity index (χ1v) is 4.68. The molecule has 88 valence electrons. The molecule has 0 saturated heterocycles. The van der Waals surface area contributed by atoms with Crippen LogP contribution in [0.5, 0.6) is 11.6 Å². The van der Waals surface area contributed by atoms with Crippen molar-refractivity contribution in [2.75, 3.05) is 0 Å². The van der Waals surface area contributed by atoms with E-state index >= 15 is 0 Å². The molecule has 0 amide bonds. The number of ether oxygens (including phenoxy) is 1. The summed E-state index contributed by atoms with van der Waals surface area (Å²) in [5.41, 5.74) is -0.987. The van der Waals surface area contributed by atoms with E-state index in [0.29, 0.717) is 5.75 Å². The average Bonchev–Trinajstić information content (AvgIpc) is 2.29. The van der Waals surface area contributed by atoms with Crippen molar-refractivity contribution in [3.8, 4) is 11.6 Å². The Balaban J connectivity index is 2.23. The summed E-state index contributed by atoms with van der Waals surface area (Å²) in [5.74, 6) is 0.215. The maximum absolute atomic E-state index is 12.4. The van der Waals surface area contributed by atoms with Crippen LogP contribution in [0.4, 0.5) is 13.2 Å². The molecule has 0 spiro atoms. The van der Waals surface area contributed by atoms with Crippen LogP contribution in [0, 0.1) is 0 Å². The number of aromatic nitrogens is 2. The molecule has 2 rings (SSSR count). The zero-order valence-electron chi connectivity index (χ0n) is 8.48. The Morgan fingerprint density at radius 3 is 2.53 bits per heavy atom. The van der Waals surface area contributed by atoms with E-state index < -0.39 is 11.9 Å². The van der Waals surface area contributed by atoms with Gasteiger partial charge in [0, 0.05) is 12.3 Å². The van der Waals surface area contributed by atoms with Gasteiger partial charge in [-0.3, -0.25) is 4.98 Å². The van der Waals surface area contributed by atoms with Crippen LogP contribution in [0.25, 0.3) is 0 Å². The number of hydrogen-bond acceptors (Lipinski definition) is 3. The Labute approximate surface area is 94.9 Å². The smallest absolute Gasteiger partial charge is 0.433 e. The Morgan fingerprint density at radius 2 is 1.88 bits per heavy atom. The summed E-state index contributed by atoms with van der Waals surface area (Å²) in [6, 6.07) is 6.66. The molecule has 0 bridgehead atoms. The molecule has 0 saturated carbocycles. The second-order valence-corrected chi connectivity index (χ2v) is 3.15. The highest BCUT2D eigenvalue weighted by atomic mass is 19.4. The van der Waals surface area contributed by atoms with Crippen LogP contribution in [-0.4, -0.2) is 9.97 Å². The molecule has 0 atom stereocenters. The highest BCUT2D eigenvalue weighted by Gasteiger charge is 2.32. The Bertz CT molecular complexity index is 500. The summed E-state index contributed by atoms with van der Waals surface area (Å²) in [7, 11) is 0. The fraction of sp³-hybridized carbons (Fsp3) is 0.0909. The van der Waals surface area contributed by atoms with Crippen LogP contribution in [0.3, 0.4) is 0 Å². The number of hydrogen-bond donors (Lipinski definition) is 0. The minimum Gasteiger partial charge on any atom is -0.437 e. The summed E-state index contributed by atoms with van der Waals surface area (Å²) in [6.45, 7) is 0. The lowest BCUT2D eigenvalue weighted by atomic mass is 10.3. The van der Waals surface area contributed by atoms with Gasteiger partial charge < -0.3 is 4.74 Å². The Hall–Kier alpha value is -2.11. The van der Waals surface area contributed by atoms with Gasteiger partial charge in [-0.1, -0.05) is 6.07 Å². The van der Waals surface area contributed by atoms with Crippen molar-refractivity contribution in [1.82, 2.24) is 9.97 Å². The van der Waals surface area contributed by atoms with Gasteiger partial charge in [0.1, 0.15) is 11.4 Å². The molecule has 17 heavy (non-hydrogen) atoms. The maximum atomic E-state index is 12.4. The van der Waals surface area contributed by atoms with Crippen LogP contribution >= 0.6 is 0 Å². The Morgan fingerprint density at radius 1 is 1.06 bits per heavy atom. The van der Waals surface area contributed by atoms with Gasteiger partial charge in [0.25, 0.3) is 0 Å². The number of halogens is 3. The van der Waals surface area contributed by atoms with E-state index in [0.717, 1.165) is 6.07 Å². The van der Waals surface area contributed by atoms with Crippen molar-refractivity contribution in [1.29, 1.82) is 0 Å². The quantitative estimate of drug-likeness (QED) is 0.807. The predicted octanol–water partition coefficient (Wildman–Crippen LogP) is 3.29. The lowest BCUT2D eigenvalue weighted by Gasteiger charge is -2.08. The van der Waals surface area contributed by atoms with Crippen molar-refractivity contribution in [3.05, 3.63) is 48.4 Å². The number of pyridine rings is 2. The number of rotatable bonds is 2. The molecule has 0 aliphatic rings. The molecule has 2 aromatic rings. The molecule has 0 unspecified atom stereocenters. The summed E-state index contributed by atoms with van der Waals surface area (Å²) in [6.07, 6.45) is -1.55. The second kappa shape index (κ2) is 4.40. The minimum atomic E-state index is -4.48. The van der Waals surface area contributed by atoms with Crippen molar-refractivity contribution in [2.24, 2.45) is 0 Å². The standard InChI is InChI=1S/C11H7F3N2O/c12-11(13,14)9-4-1-5-10(16-9)17-8-3-2-6-15-7-8/h1-7H. The summed E-state index contributed by atoms with van der Waals surface area (Å²) >= 11 is 0. The topological polar surface area (TPSA) is 35.0 Å². The van der Waals surface area contributed by atoms with E-state index in [1.807, 2.05) is 0 Å². The average molecular weight is 240 g/mol. The van der Waals surface area contributed by atoms with Crippen molar-refractivity contribution in [3.63, 3.8) is 0 Å². The largest absolute Gasteiger partial charge is 0.437 e. The van der Waals surface area contributed by atoms with E-state index in [1.54, 1.807) is 12.1 Å². The third-order valence-electron chi connectivity index (χ3n) is 1.87. The molecule has 0 aliphatic heterocycles. The summed E-state index contributed by atoms with van der Waals surface area (Å²) in [5, 5.41) is 0. The van der Waals surface area contributed by atoms with Gasteiger partial charge in [-0.25, -0.2) is 4.98 Å². The van der Waals surface area contributed by atoms with E-state index in [9.17, 15) is 13.2 Å². The first kappa shape index (κ1) is 11.4. The first-order chi connectivity index (χ1) is 8.05. The highest BCUT2D eigenvalue weighted by Crippen LogP contribution is 2.29. The lowest BCUT2D eigenvalue weighted by Crippen LogP contribution is -2.07. The van der Waals surface area contributed by atoms with Crippen LogP contribution in [-0.2, 0) is 6.18 Å². The third kappa shape index (κ3) is 2.93. The normalized spacial score (nSPS) is 11.2. The van der Waals surface area contributed by atoms with Gasteiger partial charge in [-0.05, 0) is 18.2 Å². The fourth-order valence-electron chi connectivity index (χ4n) is 1.16. The van der Waals surface area contributed by atoms with Gasteiger partial charge in [0.2, 0.25) is 5.88 Å². The van der Waals surface area contributed by atoms with Gasteiger partial charge in [-0.2, -0.15) is 13.2 Å². The van der Waals surface area contributed by atoms with Gasteiger partial charge in [-0.15, -0.1) is 0 Å². The molecule has 0 fully saturated rings. The monoisotopic (exact) mass is 240 g/mol. The zero-order chi connectivity index (χ0) is 12.3. The zero-order valence-corrected chi connectivity index (χ0v) is 8.48. The highest BCUT2D eigenvalue weighted by molar-refractivity contribution is 5.25. The third-order valence-corrected chi connectivity index (χ3v) is 1.87. The van der Waals surface area contributed by atoms with Crippen LogP contribution in [0.2, 0.25) is 0 Å². The van der Waals surface area contributed by atoms with E-state index in [1.165, 1.54) is 24.5 Å². The molecular weight excluding hydrogens is 233 g/mol. The van der Waals surface area contributed by atoms with Crippen LogP contribution < -0.4 is 4.74 Å². The van der Waals surface area contributed by atoms with Crippen LogP contribution in [0.15, 0.2) is 42.7 Å². The molecule has 0 aromatic carbocycles. The summed E-state index contributed by atoms with van der Waals surface area (Å²) < 4.78 is 42.3. The van der Waals surface area contributed by atoms with Gasteiger partial charge in [0.15, 0.2) is 0 Å². The molecular formula is C11H7F3N2O.